The molecule has 0 aliphatic rings. The predicted molar refractivity (Wildman–Crippen MR) is 143 cm³/mol. The predicted octanol–water partition coefficient (Wildman–Crippen LogP) is 7.03. The van der Waals surface area contributed by atoms with E-state index >= 15 is 0 Å². The molecule has 8 nitrogen and oxygen atoms in total. The van der Waals surface area contributed by atoms with Gasteiger partial charge in [-0.05, 0) is 36.1 Å². The summed E-state index contributed by atoms with van der Waals surface area (Å²) in [7, 11) is -6.15. The van der Waals surface area contributed by atoms with E-state index in [0.29, 0.717) is 16.7 Å². The van der Waals surface area contributed by atoms with E-state index in [4.69, 9.17) is 18.1 Å². The molecule has 0 fully saturated rings. The maximum atomic E-state index is 12.9. The Bertz CT molecular complexity index is 1260. The van der Waals surface area contributed by atoms with Crippen LogP contribution in [0.1, 0.15) is 48.1 Å². The van der Waals surface area contributed by atoms with E-state index in [2.05, 4.69) is 0 Å². The van der Waals surface area contributed by atoms with E-state index in [9.17, 15) is 19.0 Å². The van der Waals surface area contributed by atoms with Gasteiger partial charge in [0.25, 0.3) is 0 Å². The molecular weight excluding hydrogens is 514 g/mol. The third-order valence-corrected chi connectivity index (χ3v) is 7.16. The van der Waals surface area contributed by atoms with Gasteiger partial charge in [-0.25, -0.2) is 9.13 Å². The molecule has 0 saturated carbocycles. The lowest BCUT2D eigenvalue weighted by Crippen LogP contribution is -2.24. The Hall–Kier alpha value is -2.89. The van der Waals surface area contributed by atoms with E-state index in [0.717, 1.165) is 11.1 Å². The number of hydrogen-bond donors (Lipinski definition) is 1. The number of rotatable bonds is 13. The average Bonchev–Trinajstić information content (AvgIpc) is 2.84. The summed E-state index contributed by atoms with van der Waals surface area (Å²) in [6.07, 6.45) is -0.224. The summed E-state index contributed by atoms with van der Waals surface area (Å²) in [5.74, 6) is -0.883. The Labute approximate surface area is 218 Å². The highest BCUT2D eigenvalue weighted by Crippen LogP contribution is 2.50. The zero-order valence-electron chi connectivity index (χ0n) is 21.3. The summed E-state index contributed by atoms with van der Waals surface area (Å²) >= 11 is 0. The molecule has 0 aliphatic carbocycles. The summed E-state index contributed by atoms with van der Waals surface area (Å²) < 4.78 is 48.2. The largest absolute Gasteiger partial charge is 0.481 e. The van der Waals surface area contributed by atoms with Gasteiger partial charge in [0, 0.05) is 11.0 Å². The van der Waals surface area contributed by atoms with Gasteiger partial charge in [-0.1, -0.05) is 80.6 Å². The Morgan fingerprint density at radius 2 is 1.24 bits per heavy atom. The van der Waals surface area contributed by atoms with Gasteiger partial charge in [0.15, 0.2) is 11.5 Å². The van der Waals surface area contributed by atoms with Crippen LogP contribution in [-0.2, 0) is 41.6 Å². The molecule has 0 amide bonds. The molecular formula is C27H32O8P2. The van der Waals surface area contributed by atoms with Crippen LogP contribution in [0.25, 0.3) is 0 Å². The topological polar surface area (TPSA) is 108 Å². The molecule has 10 heteroatoms. The van der Waals surface area contributed by atoms with Gasteiger partial charge in [0.1, 0.15) is 0 Å². The van der Waals surface area contributed by atoms with Crippen molar-refractivity contribution >= 4 is 22.5 Å². The standard InChI is InChI=1S/C27H32O8P2/c1-19-15-20(2)25(34-36(30)32-17-21-11-7-5-8-12-21)26(24(19)27(3,4)16-23(28)29)35-37(31)33-18-22-13-9-6-10-14-22/h5-15,36-37H,16-18H2,1-4H3,(H,28,29). The molecule has 37 heavy (non-hydrogen) atoms. The molecule has 0 saturated heterocycles. The molecule has 0 heterocycles. The SMILES string of the molecule is Cc1cc(C)c(C(C)(C)CC(=O)O)c(O[PH](=O)OCc2ccccc2)c1O[PH](=O)OCc1ccccc1. The number of benzene rings is 3. The molecule has 0 spiro atoms. The Balaban J connectivity index is 1.92. The van der Waals surface area contributed by atoms with Crippen LogP contribution in [0.5, 0.6) is 11.5 Å². The quantitative estimate of drug-likeness (QED) is 0.228. The van der Waals surface area contributed by atoms with Crippen LogP contribution in [0, 0.1) is 13.8 Å². The molecule has 1 N–H and O–H groups in total. The minimum Gasteiger partial charge on any atom is -0.481 e. The lowest BCUT2D eigenvalue weighted by Gasteiger charge is -2.29. The highest BCUT2D eigenvalue weighted by Gasteiger charge is 2.33. The molecule has 3 rings (SSSR count). The Morgan fingerprint density at radius 1 is 0.784 bits per heavy atom. The Kier molecular flexibility index (Phi) is 10.1. The van der Waals surface area contributed by atoms with E-state index in [1.165, 1.54) is 0 Å². The van der Waals surface area contributed by atoms with E-state index in [1.807, 2.05) is 60.7 Å². The van der Waals surface area contributed by atoms with Crippen molar-refractivity contribution in [3.63, 3.8) is 0 Å². The highest BCUT2D eigenvalue weighted by molar-refractivity contribution is 7.34. The second kappa shape index (κ2) is 13.1. The van der Waals surface area contributed by atoms with Gasteiger partial charge in [0.2, 0.25) is 0 Å². The van der Waals surface area contributed by atoms with Crippen molar-refractivity contribution < 1.29 is 37.1 Å². The third kappa shape index (κ3) is 8.31. The monoisotopic (exact) mass is 546 g/mol. The van der Waals surface area contributed by atoms with Crippen LogP contribution in [-0.4, -0.2) is 11.1 Å². The fraction of sp³-hybridized carbons (Fsp3) is 0.296. The van der Waals surface area contributed by atoms with Crippen molar-refractivity contribution in [3.8, 4) is 11.5 Å². The first kappa shape index (κ1) is 28.7. The smallest absolute Gasteiger partial charge is 0.368 e. The van der Waals surface area contributed by atoms with Gasteiger partial charge in [0.05, 0.1) is 19.6 Å². The van der Waals surface area contributed by atoms with Gasteiger partial charge >= 0.3 is 22.5 Å². The molecule has 3 aromatic rings. The van der Waals surface area contributed by atoms with Crippen molar-refractivity contribution in [2.75, 3.05) is 0 Å². The van der Waals surface area contributed by atoms with Crippen LogP contribution in [0.3, 0.4) is 0 Å². The third-order valence-electron chi connectivity index (χ3n) is 5.66. The first-order chi connectivity index (χ1) is 17.6. The second-order valence-electron chi connectivity index (χ2n) is 9.25. The van der Waals surface area contributed by atoms with Gasteiger partial charge in [-0.2, -0.15) is 0 Å². The lowest BCUT2D eigenvalue weighted by molar-refractivity contribution is -0.138. The fourth-order valence-electron chi connectivity index (χ4n) is 4.12. The second-order valence-corrected chi connectivity index (χ2v) is 11.2. The van der Waals surface area contributed by atoms with Gasteiger partial charge in [-0.15, -0.1) is 0 Å². The van der Waals surface area contributed by atoms with Crippen LogP contribution in [0.15, 0.2) is 66.7 Å². The maximum Gasteiger partial charge on any atom is 0.368 e. The average molecular weight is 546 g/mol. The summed E-state index contributed by atoms with van der Waals surface area (Å²) in [4.78, 5) is 11.6. The van der Waals surface area contributed by atoms with Crippen LogP contribution < -0.4 is 9.05 Å². The number of hydrogen-bond acceptors (Lipinski definition) is 7. The summed E-state index contributed by atoms with van der Waals surface area (Å²) in [6.45, 7) is 7.16. The summed E-state index contributed by atoms with van der Waals surface area (Å²) in [6, 6.07) is 20.2. The van der Waals surface area contributed by atoms with E-state index in [-0.39, 0.29) is 31.1 Å². The molecule has 0 bridgehead atoms. The lowest BCUT2D eigenvalue weighted by atomic mass is 9.78. The molecule has 2 unspecified atom stereocenters. The first-order valence-electron chi connectivity index (χ1n) is 11.7. The molecule has 0 aromatic heterocycles. The normalized spacial score (nSPS) is 13.1. The first-order valence-corrected chi connectivity index (χ1v) is 14.2. The fourth-order valence-corrected chi connectivity index (χ4v) is 5.59. The zero-order chi connectivity index (χ0) is 27.0. The van der Waals surface area contributed by atoms with Crippen molar-refractivity contribution in [1.82, 2.24) is 0 Å². The number of carboxylic acids is 1. The van der Waals surface area contributed by atoms with Crippen LogP contribution in [0.2, 0.25) is 0 Å². The van der Waals surface area contributed by atoms with Crippen molar-refractivity contribution in [1.29, 1.82) is 0 Å². The summed E-state index contributed by atoms with van der Waals surface area (Å²) in [5, 5.41) is 9.51. The van der Waals surface area contributed by atoms with E-state index in [1.54, 1.807) is 33.8 Å². The van der Waals surface area contributed by atoms with E-state index < -0.39 is 27.9 Å². The van der Waals surface area contributed by atoms with Crippen LogP contribution >= 0.6 is 16.5 Å². The molecule has 2 atom stereocenters. The number of aryl methyl sites for hydroxylation is 2. The minimum absolute atomic E-state index is 0.0439. The van der Waals surface area contributed by atoms with Crippen molar-refractivity contribution in [3.05, 3.63) is 94.5 Å². The number of carboxylic acid groups (broad SMARTS) is 1. The minimum atomic E-state index is -3.10. The molecule has 3 aromatic carbocycles. The Morgan fingerprint density at radius 3 is 1.70 bits per heavy atom. The molecule has 0 aliphatic heterocycles. The van der Waals surface area contributed by atoms with Crippen LogP contribution in [0.4, 0.5) is 0 Å². The maximum absolute atomic E-state index is 12.9. The highest BCUT2D eigenvalue weighted by atomic mass is 31.1. The van der Waals surface area contributed by atoms with Crippen molar-refractivity contribution in [2.24, 2.45) is 0 Å². The summed E-state index contributed by atoms with van der Waals surface area (Å²) in [5.41, 5.74) is 2.47. The molecule has 0 radical (unpaired) electrons. The van der Waals surface area contributed by atoms with Gasteiger partial charge in [-0.3, -0.25) is 13.8 Å². The van der Waals surface area contributed by atoms with Gasteiger partial charge < -0.3 is 14.2 Å². The number of aliphatic carboxylic acids is 1. The molecule has 198 valence electrons. The number of carbonyl (C=O) groups is 1. The van der Waals surface area contributed by atoms with Crippen molar-refractivity contribution in [2.45, 2.75) is 52.7 Å². The zero-order valence-corrected chi connectivity index (χ0v) is 23.3.